The molecule has 1 N–H and O–H groups in total. The van der Waals surface area contributed by atoms with Gasteiger partial charge in [-0.2, -0.15) is 0 Å². The lowest BCUT2D eigenvalue weighted by Gasteiger charge is -2.42. The van der Waals surface area contributed by atoms with Gasteiger partial charge >= 0.3 is 0 Å². The number of hydrogen-bond donors (Lipinski definition) is 1. The highest BCUT2D eigenvalue weighted by atomic mass is 15.1. The van der Waals surface area contributed by atoms with Gasteiger partial charge in [0.15, 0.2) is 0 Å². The molecule has 4 rings (SSSR count). The zero-order valence-corrected chi connectivity index (χ0v) is 12.9. The first-order chi connectivity index (χ1) is 8.36. The lowest BCUT2D eigenvalue weighted by Crippen LogP contribution is -2.55. The van der Waals surface area contributed by atoms with E-state index in [1.165, 1.54) is 58.2 Å². The first-order valence-electron chi connectivity index (χ1n) is 7.88. The normalized spacial score (nSPS) is 36.7. The summed E-state index contributed by atoms with van der Waals surface area (Å²) in [5.41, 5.74) is 0.726. The van der Waals surface area contributed by atoms with E-state index in [1.54, 1.807) is 0 Å². The van der Waals surface area contributed by atoms with Crippen LogP contribution >= 0.6 is 0 Å². The molecular weight excluding hydrogens is 220 g/mol. The smallest absolute Gasteiger partial charge is 0.0130 e. The van der Waals surface area contributed by atoms with Crippen molar-refractivity contribution in [2.75, 3.05) is 19.6 Å². The van der Waals surface area contributed by atoms with Crippen LogP contribution in [0.1, 0.15) is 66.2 Å². The van der Waals surface area contributed by atoms with E-state index in [9.17, 15) is 0 Å². The van der Waals surface area contributed by atoms with Crippen molar-refractivity contribution in [3.8, 4) is 0 Å². The lowest BCUT2D eigenvalue weighted by atomic mass is 9.83. The minimum Gasteiger partial charge on any atom is -0.307 e. The summed E-state index contributed by atoms with van der Waals surface area (Å²) in [4.78, 5) is 2.58. The van der Waals surface area contributed by atoms with E-state index in [4.69, 9.17) is 0 Å². The standard InChI is InChI=1S/C9H19N.C7H13N/c1-8(2)6-5-7-9(3,4)10-8;1-4-8-5-2-7(1)3-6-8/h10H,5-7H2,1-4H3;7H,1-6H2. The van der Waals surface area contributed by atoms with E-state index in [-0.39, 0.29) is 0 Å². The zero-order valence-electron chi connectivity index (χ0n) is 12.9. The number of hydrogen-bond acceptors (Lipinski definition) is 2. The van der Waals surface area contributed by atoms with Crippen molar-refractivity contribution in [3.05, 3.63) is 0 Å². The van der Waals surface area contributed by atoms with Gasteiger partial charge in [-0.15, -0.1) is 0 Å². The first kappa shape index (κ1) is 14.3. The SMILES string of the molecule is C1CN2CCC1CC2.CC1(C)CCCC(C)(C)N1. The van der Waals surface area contributed by atoms with Crippen molar-refractivity contribution >= 4 is 0 Å². The van der Waals surface area contributed by atoms with Gasteiger partial charge in [-0.3, -0.25) is 0 Å². The van der Waals surface area contributed by atoms with Crippen LogP contribution in [-0.2, 0) is 0 Å². The fourth-order valence-corrected chi connectivity index (χ4v) is 3.88. The van der Waals surface area contributed by atoms with Crippen molar-refractivity contribution in [3.63, 3.8) is 0 Å². The lowest BCUT2D eigenvalue weighted by molar-refractivity contribution is 0.111. The maximum Gasteiger partial charge on any atom is 0.0130 e. The molecule has 0 atom stereocenters. The van der Waals surface area contributed by atoms with Crippen LogP contribution in [0, 0.1) is 5.92 Å². The number of fused-ring (bicyclic) bond motifs is 3. The van der Waals surface area contributed by atoms with Gasteiger partial charge in [0.2, 0.25) is 0 Å². The first-order valence-corrected chi connectivity index (χ1v) is 7.88. The van der Waals surface area contributed by atoms with E-state index in [2.05, 4.69) is 37.9 Å². The summed E-state index contributed by atoms with van der Waals surface area (Å²) in [6, 6.07) is 0. The Bertz CT molecular complexity index is 225. The molecule has 2 nitrogen and oxygen atoms in total. The predicted octanol–water partition coefficient (Wildman–Crippen LogP) is 3.42. The molecule has 4 saturated heterocycles. The van der Waals surface area contributed by atoms with Crippen LogP contribution < -0.4 is 5.32 Å². The Kier molecular flexibility index (Phi) is 4.38. The second kappa shape index (κ2) is 5.50. The second-order valence-corrected chi connectivity index (χ2v) is 7.82. The van der Waals surface area contributed by atoms with E-state index in [0.29, 0.717) is 11.1 Å². The van der Waals surface area contributed by atoms with E-state index in [0.717, 1.165) is 5.92 Å². The highest BCUT2D eigenvalue weighted by molar-refractivity contribution is 4.92. The monoisotopic (exact) mass is 252 g/mol. The van der Waals surface area contributed by atoms with Crippen LogP contribution in [-0.4, -0.2) is 35.6 Å². The molecule has 0 radical (unpaired) electrons. The van der Waals surface area contributed by atoms with Gasteiger partial charge in [-0.1, -0.05) is 0 Å². The Hall–Kier alpha value is -0.0800. The van der Waals surface area contributed by atoms with Gasteiger partial charge in [0.25, 0.3) is 0 Å². The Balaban J connectivity index is 0.000000136. The molecule has 18 heavy (non-hydrogen) atoms. The number of rotatable bonds is 0. The van der Waals surface area contributed by atoms with Crippen LogP contribution in [0.15, 0.2) is 0 Å². The zero-order chi connectivity index (χ0) is 13.2. The van der Waals surface area contributed by atoms with Gasteiger partial charge in [0, 0.05) is 11.1 Å². The summed E-state index contributed by atoms with van der Waals surface area (Å²) in [7, 11) is 0. The fourth-order valence-electron chi connectivity index (χ4n) is 3.88. The molecule has 0 aromatic carbocycles. The van der Waals surface area contributed by atoms with Crippen LogP contribution in [0.25, 0.3) is 0 Å². The molecular formula is C16H32N2. The fraction of sp³-hybridized carbons (Fsp3) is 1.00. The Morgan fingerprint density at radius 3 is 1.44 bits per heavy atom. The summed E-state index contributed by atoms with van der Waals surface area (Å²) in [6.07, 6.45) is 8.46. The van der Waals surface area contributed by atoms with Gasteiger partial charge < -0.3 is 10.2 Å². The number of piperidine rings is 4. The molecule has 2 bridgehead atoms. The largest absolute Gasteiger partial charge is 0.307 e. The molecule has 0 unspecified atom stereocenters. The number of nitrogens with one attached hydrogen (secondary N) is 1. The molecule has 0 aromatic heterocycles. The van der Waals surface area contributed by atoms with Gasteiger partial charge in [-0.05, 0) is 91.8 Å². The van der Waals surface area contributed by atoms with Gasteiger partial charge in [0.1, 0.15) is 0 Å². The molecule has 0 spiro atoms. The summed E-state index contributed by atoms with van der Waals surface area (Å²) in [6.45, 7) is 13.3. The minimum atomic E-state index is 0.363. The van der Waals surface area contributed by atoms with Gasteiger partial charge in [0.05, 0.1) is 0 Å². The second-order valence-electron chi connectivity index (χ2n) is 7.82. The Morgan fingerprint density at radius 2 is 1.28 bits per heavy atom. The van der Waals surface area contributed by atoms with Gasteiger partial charge in [-0.25, -0.2) is 0 Å². The van der Waals surface area contributed by atoms with Crippen molar-refractivity contribution in [1.29, 1.82) is 0 Å². The molecule has 0 saturated carbocycles. The topological polar surface area (TPSA) is 15.3 Å². The van der Waals surface area contributed by atoms with Crippen molar-refractivity contribution in [2.45, 2.75) is 77.3 Å². The van der Waals surface area contributed by atoms with E-state index < -0.39 is 0 Å². The Labute approximate surface area is 114 Å². The Morgan fingerprint density at radius 1 is 0.833 bits per heavy atom. The van der Waals surface area contributed by atoms with Crippen LogP contribution in [0.2, 0.25) is 0 Å². The molecule has 4 aliphatic heterocycles. The maximum atomic E-state index is 3.63. The number of nitrogens with zero attached hydrogens (tertiary/aromatic N) is 1. The molecule has 0 aromatic rings. The molecule has 4 fully saturated rings. The van der Waals surface area contributed by atoms with Crippen molar-refractivity contribution in [2.24, 2.45) is 5.92 Å². The average Bonchev–Trinajstić information content (AvgIpc) is 2.29. The molecule has 2 heteroatoms. The summed E-state index contributed by atoms with van der Waals surface area (Å²) in [5.74, 6) is 1.11. The van der Waals surface area contributed by atoms with Crippen molar-refractivity contribution < 1.29 is 0 Å². The molecule has 0 aliphatic carbocycles. The van der Waals surface area contributed by atoms with Crippen LogP contribution in [0.3, 0.4) is 0 Å². The molecule has 4 heterocycles. The quantitative estimate of drug-likeness (QED) is 0.710. The predicted molar refractivity (Wildman–Crippen MR) is 78.9 cm³/mol. The maximum absolute atomic E-state index is 3.63. The molecule has 4 aliphatic rings. The van der Waals surface area contributed by atoms with Crippen LogP contribution in [0.5, 0.6) is 0 Å². The third-order valence-corrected chi connectivity index (χ3v) is 4.84. The van der Waals surface area contributed by atoms with Crippen molar-refractivity contribution in [1.82, 2.24) is 10.2 Å². The summed E-state index contributed by atoms with van der Waals surface area (Å²) < 4.78 is 0. The van der Waals surface area contributed by atoms with E-state index >= 15 is 0 Å². The van der Waals surface area contributed by atoms with E-state index in [1.807, 2.05) is 0 Å². The summed E-state index contributed by atoms with van der Waals surface area (Å²) in [5, 5.41) is 3.63. The highest BCUT2D eigenvalue weighted by Crippen LogP contribution is 2.27. The average molecular weight is 252 g/mol. The van der Waals surface area contributed by atoms with Crippen LogP contribution in [0.4, 0.5) is 0 Å². The molecule has 106 valence electrons. The third-order valence-electron chi connectivity index (χ3n) is 4.84. The minimum absolute atomic E-state index is 0.363. The third kappa shape index (κ3) is 4.24. The summed E-state index contributed by atoms with van der Waals surface area (Å²) >= 11 is 0. The molecule has 0 amide bonds. The highest BCUT2D eigenvalue weighted by Gasteiger charge is 2.31.